The van der Waals surface area contributed by atoms with Gasteiger partial charge in [-0.25, -0.2) is 0 Å². The minimum Gasteiger partial charge on any atom is -0.452 e. The highest BCUT2D eigenvalue weighted by Crippen LogP contribution is 2.44. The predicted molar refractivity (Wildman–Crippen MR) is 91.1 cm³/mol. The molecule has 1 fully saturated rings. The lowest BCUT2D eigenvalue weighted by Gasteiger charge is -2.20. The SMILES string of the molecule is CC(OC(=O)C1CC2C=CC1C2)C(=O)Nc1ccc([N+](=O)[O-])cc1Cl. The number of hydrogen-bond donors (Lipinski definition) is 1. The topological polar surface area (TPSA) is 98.5 Å². The van der Waals surface area contributed by atoms with Crippen molar-refractivity contribution < 1.29 is 19.2 Å². The van der Waals surface area contributed by atoms with Gasteiger partial charge in [0.25, 0.3) is 11.6 Å². The first kappa shape index (κ1) is 17.4. The number of amides is 1. The van der Waals surface area contributed by atoms with Gasteiger partial charge in [0, 0.05) is 12.1 Å². The molecule has 2 aliphatic carbocycles. The minimum absolute atomic E-state index is 0.0410. The molecule has 1 N–H and O–H groups in total. The molecule has 0 aliphatic heterocycles. The van der Waals surface area contributed by atoms with Gasteiger partial charge in [-0.1, -0.05) is 23.8 Å². The van der Waals surface area contributed by atoms with E-state index in [0.717, 1.165) is 18.9 Å². The van der Waals surface area contributed by atoms with Crippen molar-refractivity contribution in [1.29, 1.82) is 0 Å². The van der Waals surface area contributed by atoms with Crippen LogP contribution in [0, 0.1) is 27.9 Å². The number of anilines is 1. The third kappa shape index (κ3) is 3.66. The molecule has 1 saturated carbocycles. The fraction of sp³-hybridized carbons (Fsp3) is 0.412. The Bertz CT molecular complexity index is 763. The highest BCUT2D eigenvalue weighted by Gasteiger charge is 2.41. The number of allylic oxidation sites excluding steroid dienone is 2. The van der Waals surface area contributed by atoms with E-state index < -0.39 is 16.9 Å². The van der Waals surface area contributed by atoms with Crippen LogP contribution in [0.25, 0.3) is 0 Å². The van der Waals surface area contributed by atoms with Crippen molar-refractivity contribution in [2.24, 2.45) is 17.8 Å². The van der Waals surface area contributed by atoms with Gasteiger partial charge < -0.3 is 10.1 Å². The largest absolute Gasteiger partial charge is 0.452 e. The summed E-state index contributed by atoms with van der Waals surface area (Å²) in [6.45, 7) is 1.48. The lowest BCUT2D eigenvalue weighted by Crippen LogP contribution is -2.33. The third-order valence-corrected chi connectivity index (χ3v) is 4.98. The second-order valence-electron chi connectivity index (χ2n) is 6.38. The molecule has 8 heteroatoms. The number of nitrogens with zero attached hydrogens (tertiary/aromatic N) is 1. The number of nitro benzene ring substituents is 1. The van der Waals surface area contributed by atoms with Crippen molar-refractivity contribution in [3.63, 3.8) is 0 Å². The maximum Gasteiger partial charge on any atom is 0.310 e. The van der Waals surface area contributed by atoms with E-state index in [1.807, 2.05) is 6.08 Å². The standard InChI is InChI=1S/C17H17ClN2O5/c1-9(25-17(22)13-7-10-2-3-11(13)6-10)16(21)19-15-5-4-12(20(23)24)8-14(15)18/h2-5,8-11,13H,6-7H2,1H3,(H,19,21). The number of carbonyl (C=O) groups is 2. The Morgan fingerprint density at radius 3 is 2.68 bits per heavy atom. The Labute approximate surface area is 149 Å². The molecule has 4 unspecified atom stereocenters. The zero-order valence-corrected chi connectivity index (χ0v) is 14.2. The van der Waals surface area contributed by atoms with Crippen LogP contribution < -0.4 is 5.32 Å². The molecule has 1 amide bonds. The third-order valence-electron chi connectivity index (χ3n) is 4.67. The Morgan fingerprint density at radius 1 is 1.36 bits per heavy atom. The first-order chi connectivity index (χ1) is 11.8. The van der Waals surface area contributed by atoms with Gasteiger partial charge in [0.1, 0.15) is 0 Å². The molecule has 132 valence electrons. The number of nitrogens with one attached hydrogen (secondary N) is 1. The summed E-state index contributed by atoms with van der Waals surface area (Å²) < 4.78 is 5.29. The molecule has 7 nitrogen and oxygen atoms in total. The smallest absolute Gasteiger partial charge is 0.310 e. The van der Waals surface area contributed by atoms with E-state index in [4.69, 9.17) is 16.3 Å². The molecule has 1 aromatic carbocycles. The normalized spacial score (nSPS) is 24.8. The van der Waals surface area contributed by atoms with Crippen LogP contribution >= 0.6 is 11.6 Å². The van der Waals surface area contributed by atoms with E-state index in [0.29, 0.717) is 5.92 Å². The Hall–Kier alpha value is -2.41. The van der Waals surface area contributed by atoms with Crippen molar-refractivity contribution >= 4 is 34.9 Å². The van der Waals surface area contributed by atoms with Crippen LogP contribution in [0.15, 0.2) is 30.4 Å². The average molecular weight is 365 g/mol. The van der Waals surface area contributed by atoms with Gasteiger partial charge >= 0.3 is 5.97 Å². The van der Waals surface area contributed by atoms with E-state index >= 15 is 0 Å². The summed E-state index contributed by atoms with van der Waals surface area (Å²) in [6.07, 6.45) is 4.92. The average Bonchev–Trinajstić information content (AvgIpc) is 3.19. The van der Waals surface area contributed by atoms with E-state index in [-0.39, 0.29) is 34.2 Å². The predicted octanol–water partition coefficient (Wildman–Crippen LogP) is 3.33. The van der Waals surface area contributed by atoms with E-state index in [2.05, 4.69) is 11.4 Å². The molecule has 0 saturated heterocycles. The minimum atomic E-state index is -0.984. The van der Waals surface area contributed by atoms with Crippen LogP contribution in [0.5, 0.6) is 0 Å². The van der Waals surface area contributed by atoms with Crippen molar-refractivity contribution in [2.45, 2.75) is 25.9 Å². The number of carbonyl (C=O) groups excluding carboxylic acids is 2. The van der Waals surface area contributed by atoms with Gasteiger partial charge in [0.2, 0.25) is 0 Å². The first-order valence-corrected chi connectivity index (χ1v) is 8.36. The summed E-state index contributed by atoms with van der Waals surface area (Å²) in [7, 11) is 0. The van der Waals surface area contributed by atoms with Gasteiger partial charge in [-0.05, 0) is 37.7 Å². The molecule has 2 aliphatic rings. The molecule has 25 heavy (non-hydrogen) atoms. The zero-order chi connectivity index (χ0) is 18.1. The number of halogens is 1. The van der Waals surface area contributed by atoms with Crippen molar-refractivity contribution in [1.82, 2.24) is 0 Å². The van der Waals surface area contributed by atoms with Gasteiger partial charge in [0.05, 0.1) is 21.6 Å². The van der Waals surface area contributed by atoms with E-state index in [1.165, 1.54) is 19.1 Å². The van der Waals surface area contributed by atoms with Gasteiger partial charge in [-0.3, -0.25) is 19.7 Å². The number of fused-ring (bicyclic) bond motifs is 2. The van der Waals surface area contributed by atoms with Crippen molar-refractivity contribution in [3.8, 4) is 0 Å². The summed E-state index contributed by atoms with van der Waals surface area (Å²) in [5.41, 5.74) is 0.0508. The molecular formula is C17H17ClN2O5. The van der Waals surface area contributed by atoms with Crippen LogP contribution in [0.4, 0.5) is 11.4 Å². The molecular weight excluding hydrogens is 348 g/mol. The fourth-order valence-corrected chi connectivity index (χ4v) is 3.54. The number of non-ortho nitro benzene ring substituents is 1. The molecule has 0 radical (unpaired) electrons. The highest BCUT2D eigenvalue weighted by molar-refractivity contribution is 6.34. The Morgan fingerprint density at radius 2 is 2.12 bits per heavy atom. The van der Waals surface area contributed by atoms with Crippen LogP contribution in [0.3, 0.4) is 0 Å². The second-order valence-corrected chi connectivity index (χ2v) is 6.78. The second kappa shape index (κ2) is 6.84. The van der Waals surface area contributed by atoms with Crippen LogP contribution in [0.2, 0.25) is 5.02 Å². The Balaban J connectivity index is 1.58. The van der Waals surface area contributed by atoms with Crippen LogP contribution in [0.1, 0.15) is 19.8 Å². The molecule has 0 spiro atoms. The molecule has 2 bridgehead atoms. The van der Waals surface area contributed by atoms with Crippen LogP contribution in [-0.4, -0.2) is 22.9 Å². The van der Waals surface area contributed by atoms with E-state index in [9.17, 15) is 19.7 Å². The van der Waals surface area contributed by atoms with E-state index in [1.54, 1.807) is 0 Å². The quantitative estimate of drug-likeness (QED) is 0.374. The molecule has 1 aromatic rings. The highest BCUT2D eigenvalue weighted by atomic mass is 35.5. The summed E-state index contributed by atoms with van der Waals surface area (Å²) in [5, 5.41) is 13.3. The first-order valence-electron chi connectivity index (χ1n) is 7.98. The van der Waals surface area contributed by atoms with Gasteiger partial charge in [-0.2, -0.15) is 0 Å². The monoisotopic (exact) mass is 364 g/mol. The number of rotatable bonds is 5. The molecule has 0 heterocycles. The molecule has 4 atom stereocenters. The van der Waals surface area contributed by atoms with Crippen molar-refractivity contribution in [2.75, 3.05) is 5.32 Å². The number of nitro groups is 1. The van der Waals surface area contributed by atoms with Crippen LogP contribution in [-0.2, 0) is 14.3 Å². The molecule has 3 rings (SSSR count). The van der Waals surface area contributed by atoms with Gasteiger partial charge in [-0.15, -0.1) is 0 Å². The summed E-state index contributed by atoms with van der Waals surface area (Å²) in [6, 6.07) is 3.73. The maximum atomic E-state index is 12.3. The summed E-state index contributed by atoms with van der Waals surface area (Å²) in [5.74, 6) is -0.451. The van der Waals surface area contributed by atoms with Gasteiger partial charge in [0.15, 0.2) is 6.10 Å². The number of benzene rings is 1. The number of hydrogen-bond acceptors (Lipinski definition) is 5. The lowest BCUT2D eigenvalue weighted by molar-refractivity contribution is -0.384. The lowest BCUT2D eigenvalue weighted by atomic mass is 9.94. The summed E-state index contributed by atoms with van der Waals surface area (Å²) in [4.78, 5) is 34.6. The number of esters is 1. The number of ether oxygens (including phenoxy) is 1. The maximum absolute atomic E-state index is 12.3. The molecule has 0 aromatic heterocycles. The Kier molecular flexibility index (Phi) is 4.76. The summed E-state index contributed by atoms with van der Waals surface area (Å²) >= 11 is 5.94. The van der Waals surface area contributed by atoms with Crippen molar-refractivity contribution in [3.05, 3.63) is 45.5 Å². The zero-order valence-electron chi connectivity index (χ0n) is 13.5. The fourth-order valence-electron chi connectivity index (χ4n) is 3.32.